The van der Waals surface area contributed by atoms with Crippen molar-refractivity contribution in [2.75, 3.05) is 19.5 Å². The second kappa shape index (κ2) is 5.48. The Morgan fingerprint density at radius 1 is 1.16 bits per heavy atom. The Kier molecular flexibility index (Phi) is 3.94. The van der Waals surface area contributed by atoms with Gasteiger partial charge in [-0.05, 0) is 12.1 Å². The fourth-order valence-electron chi connectivity index (χ4n) is 1.86. The van der Waals surface area contributed by atoms with E-state index in [-0.39, 0.29) is 16.5 Å². The molecule has 102 valence electrons. The lowest BCUT2D eigenvalue weighted by molar-refractivity contribution is 0.355. The Labute approximate surface area is 117 Å². The van der Waals surface area contributed by atoms with E-state index in [2.05, 4.69) is 21.0 Å². The van der Waals surface area contributed by atoms with E-state index in [0.29, 0.717) is 28.8 Å². The van der Waals surface area contributed by atoms with E-state index in [1.807, 2.05) is 0 Å². The van der Waals surface area contributed by atoms with Crippen LogP contribution >= 0.6 is 15.9 Å². The molecule has 0 saturated carbocycles. The Bertz CT molecular complexity index is 720. The van der Waals surface area contributed by atoms with Crippen LogP contribution in [0.5, 0.6) is 11.5 Å². The van der Waals surface area contributed by atoms with Crippen molar-refractivity contribution < 1.29 is 9.47 Å². The van der Waals surface area contributed by atoms with Gasteiger partial charge in [-0.1, -0.05) is 15.9 Å². The van der Waals surface area contributed by atoms with Crippen molar-refractivity contribution >= 4 is 26.7 Å². The number of aryl methyl sites for hydroxylation is 1. The van der Waals surface area contributed by atoms with Gasteiger partial charge in [0.2, 0.25) is 0 Å². The number of nitrogens with zero attached hydrogens (tertiary/aromatic N) is 1. The van der Waals surface area contributed by atoms with E-state index in [0.717, 1.165) is 0 Å². The quantitative estimate of drug-likeness (QED) is 0.853. The molecule has 2 rings (SSSR count). The average Bonchev–Trinajstić information content (AvgIpc) is 2.43. The van der Waals surface area contributed by atoms with Gasteiger partial charge in [-0.25, -0.2) is 4.68 Å². The molecule has 1 aromatic carbocycles. The summed E-state index contributed by atoms with van der Waals surface area (Å²) in [6, 6.07) is 3.03. The maximum absolute atomic E-state index is 12.2. The summed E-state index contributed by atoms with van der Waals surface area (Å²) in [5.41, 5.74) is -0.605. The molecule has 7 heteroatoms. The first-order chi connectivity index (χ1) is 9.12. The molecule has 0 atom stereocenters. The summed E-state index contributed by atoms with van der Waals surface area (Å²) < 4.78 is 11.5. The van der Waals surface area contributed by atoms with Crippen LogP contribution in [0.15, 0.2) is 21.7 Å². The van der Waals surface area contributed by atoms with Crippen LogP contribution in [0.4, 0.5) is 0 Å². The van der Waals surface area contributed by atoms with Crippen LogP contribution in [0, 0.1) is 0 Å². The summed E-state index contributed by atoms with van der Waals surface area (Å²) in [5, 5.41) is 3.69. The van der Waals surface area contributed by atoms with E-state index in [9.17, 15) is 9.59 Å². The lowest BCUT2D eigenvalue weighted by Gasteiger charge is -2.10. The van der Waals surface area contributed by atoms with Crippen LogP contribution in [0.3, 0.4) is 0 Å². The minimum Gasteiger partial charge on any atom is -0.493 e. The molecule has 0 aliphatic carbocycles. The Hall–Kier alpha value is -1.76. The number of hydrogen-bond donors (Lipinski definition) is 1. The zero-order chi connectivity index (χ0) is 14.0. The first-order valence-electron chi connectivity index (χ1n) is 5.57. The third-order valence-electron chi connectivity index (χ3n) is 2.79. The summed E-state index contributed by atoms with van der Waals surface area (Å²) in [7, 11) is 2.96. The van der Waals surface area contributed by atoms with Crippen LogP contribution in [0.25, 0.3) is 10.8 Å². The fourth-order valence-corrected chi connectivity index (χ4v) is 2.22. The Morgan fingerprint density at radius 3 is 2.26 bits per heavy atom. The van der Waals surface area contributed by atoms with Gasteiger partial charge in [0.1, 0.15) is 0 Å². The number of methoxy groups -OCH3 is 2. The molecule has 0 aliphatic rings. The number of alkyl halides is 1. The summed E-state index contributed by atoms with van der Waals surface area (Å²) in [4.78, 5) is 24.2. The van der Waals surface area contributed by atoms with Crippen LogP contribution in [0.2, 0.25) is 0 Å². The van der Waals surface area contributed by atoms with Crippen LogP contribution in [-0.2, 0) is 6.54 Å². The number of nitrogens with one attached hydrogen (secondary N) is 1. The molecule has 0 bridgehead atoms. The van der Waals surface area contributed by atoms with E-state index in [4.69, 9.17) is 9.47 Å². The van der Waals surface area contributed by atoms with Gasteiger partial charge < -0.3 is 9.47 Å². The molecule has 2 aromatic rings. The summed E-state index contributed by atoms with van der Waals surface area (Å²) in [6.45, 7) is 0.387. The van der Waals surface area contributed by atoms with Crippen molar-refractivity contribution in [1.29, 1.82) is 0 Å². The zero-order valence-electron chi connectivity index (χ0n) is 10.5. The van der Waals surface area contributed by atoms with Gasteiger partial charge in [0, 0.05) is 5.33 Å². The van der Waals surface area contributed by atoms with Gasteiger partial charge in [-0.15, -0.1) is 0 Å². The number of benzene rings is 1. The van der Waals surface area contributed by atoms with Crippen LogP contribution < -0.4 is 20.6 Å². The first kappa shape index (κ1) is 13.7. The van der Waals surface area contributed by atoms with Gasteiger partial charge in [-0.2, -0.15) is 0 Å². The lowest BCUT2D eigenvalue weighted by Crippen LogP contribution is -2.30. The monoisotopic (exact) mass is 328 g/mol. The maximum Gasteiger partial charge on any atom is 0.273 e. The molecule has 0 amide bonds. The molecule has 1 N–H and O–H groups in total. The number of halogens is 1. The normalized spacial score (nSPS) is 10.7. The fraction of sp³-hybridized carbons (Fsp3) is 0.333. The van der Waals surface area contributed by atoms with E-state index >= 15 is 0 Å². The zero-order valence-corrected chi connectivity index (χ0v) is 12.1. The third kappa shape index (κ3) is 2.37. The average molecular weight is 329 g/mol. The number of H-pyrrole nitrogens is 1. The predicted molar refractivity (Wildman–Crippen MR) is 75.7 cm³/mol. The molecule has 1 heterocycles. The Morgan fingerprint density at radius 2 is 1.74 bits per heavy atom. The van der Waals surface area contributed by atoms with Crippen LogP contribution in [0.1, 0.15) is 0 Å². The third-order valence-corrected chi connectivity index (χ3v) is 3.14. The Balaban J connectivity index is 2.84. The van der Waals surface area contributed by atoms with Crippen molar-refractivity contribution in [1.82, 2.24) is 9.78 Å². The van der Waals surface area contributed by atoms with E-state index in [1.54, 1.807) is 0 Å². The van der Waals surface area contributed by atoms with Crippen LogP contribution in [-0.4, -0.2) is 29.3 Å². The maximum atomic E-state index is 12.2. The topological polar surface area (TPSA) is 73.3 Å². The second-order valence-electron chi connectivity index (χ2n) is 3.84. The number of hydrogen-bond acceptors (Lipinski definition) is 4. The second-order valence-corrected chi connectivity index (χ2v) is 4.63. The molecular formula is C12H13BrN2O4. The van der Waals surface area contributed by atoms with E-state index in [1.165, 1.54) is 31.0 Å². The number of aromatic amines is 1. The van der Waals surface area contributed by atoms with Gasteiger partial charge in [0.05, 0.1) is 31.5 Å². The molecule has 0 saturated heterocycles. The SMILES string of the molecule is COc1cc2c(=O)[nH]n(CCBr)c(=O)c2cc1OC. The first-order valence-corrected chi connectivity index (χ1v) is 6.69. The van der Waals surface area contributed by atoms with Crippen molar-refractivity contribution in [2.24, 2.45) is 0 Å². The number of fused-ring (bicyclic) bond motifs is 1. The van der Waals surface area contributed by atoms with Gasteiger partial charge in [0.15, 0.2) is 11.5 Å². The summed E-state index contributed by atoms with van der Waals surface area (Å²) >= 11 is 3.23. The molecule has 0 radical (unpaired) electrons. The van der Waals surface area contributed by atoms with Crippen molar-refractivity contribution in [3.05, 3.63) is 32.8 Å². The molecular weight excluding hydrogens is 316 g/mol. The molecule has 0 aliphatic heterocycles. The van der Waals surface area contributed by atoms with Crippen molar-refractivity contribution in [2.45, 2.75) is 6.54 Å². The summed E-state index contributed by atoms with van der Waals surface area (Å²) in [5.74, 6) is 0.834. The number of ether oxygens (including phenoxy) is 2. The van der Waals surface area contributed by atoms with Gasteiger partial charge in [-0.3, -0.25) is 14.7 Å². The molecule has 1 aromatic heterocycles. The highest BCUT2D eigenvalue weighted by Crippen LogP contribution is 2.29. The molecule has 0 spiro atoms. The predicted octanol–water partition coefficient (Wildman–Crippen LogP) is 1.10. The highest BCUT2D eigenvalue weighted by Gasteiger charge is 2.12. The molecule has 19 heavy (non-hydrogen) atoms. The van der Waals surface area contributed by atoms with Gasteiger partial charge >= 0.3 is 0 Å². The van der Waals surface area contributed by atoms with Crippen molar-refractivity contribution in [3.63, 3.8) is 0 Å². The molecule has 0 unspecified atom stereocenters. The minimum atomic E-state index is -0.337. The standard InChI is InChI=1S/C12H13BrN2O4/c1-18-9-5-7-8(6-10(9)19-2)12(17)15(4-3-13)14-11(7)16/h5-6H,3-4H2,1-2H3,(H,14,16). The lowest BCUT2D eigenvalue weighted by atomic mass is 10.1. The summed E-state index contributed by atoms with van der Waals surface area (Å²) in [6.07, 6.45) is 0. The molecule has 0 fully saturated rings. The number of rotatable bonds is 4. The highest BCUT2D eigenvalue weighted by atomic mass is 79.9. The smallest absolute Gasteiger partial charge is 0.273 e. The number of aromatic nitrogens is 2. The van der Waals surface area contributed by atoms with Gasteiger partial charge in [0.25, 0.3) is 11.1 Å². The van der Waals surface area contributed by atoms with Crippen molar-refractivity contribution in [3.8, 4) is 11.5 Å². The minimum absolute atomic E-state index is 0.269. The largest absolute Gasteiger partial charge is 0.493 e. The molecule has 6 nitrogen and oxygen atoms in total. The van der Waals surface area contributed by atoms with E-state index < -0.39 is 0 Å². The highest BCUT2D eigenvalue weighted by molar-refractivity contribution is 9.09.